The van der Waals surface area contributed by atoms with Crippen molar-refractivity contribution in [3.8, 4) is 5.75 Å². The smallest absolute Gasteiger partial charge is 0.297 e. The first-order chi connectivity index (χ1) is 18.9. The van der Waals surface area contributed by atoms with Gasteiger partial charge in [-0.1, -0.05) is 65.8 Å². The lowest BCUT2D eigenvalue weighted by atomic mass is 9.81. The van der Waals surface area contributed by atoms with Gasteiger partial charge >= 0.3 is 0 Å². The first-order valence-electron chi connectivity index (χ1n) is 12.8. The molecule has 39 heavy (non-hydrogen) atoms. The number of para-hydroxylation sites is 2. The molecule has 0 bridgehead atoms. The Morgan fingerprint density at radius 2 is 1.64 bits per heavy atom. The van der Waals surface area contributed by atoms with Crippen LogP contribution in [0.4, 0.5) is 17.1 Å². The number of nitrogens with zero attached hydrogens (tertiary/aromatic N) is 2. The number of hydrogen-bond acceptors (Lipinski definition) is 3. The van der Waals surface area contributed by atoms with Crippen molar-refractivity contribution in [3.63, 3.8) is 0 Å². The fraction of sp³-hybridized carbons (Fsp3) is 0.152. The van der Waals surface area contributed by atoms with Crippen LogP contribution in [-0.4, -0.2) is 29.8 Å². The highest BCUT2D eigenvalue weighted by atomic mass is 35.5. The van der Waals surface area contributed by atoms with Crippen molar-refractivity contribution in [1.29, 1.82) is 0 Å². The summed E-state index contributed by atoms with van der Waals surface area (Å²) in [5, 5.41) is 0.605. The van der Waals surface area contributed by atoms with Crippen molar-refractivity contribution in [2.24, 2.45) is 0 Å². The standard InChI is InChI=1S/C33H28ClN2O2S/c1-33(2)25-8-4-5-9-26(25)35(31(33)19-14-22-12-16-24(38-3)17-13-22)21-32(37)36-27-10-6-7-11-29(27)39-30-18-15-23(34)20-28(30)36/h4-20H,21H2,1-3H3/q+1. The first kappa shape index (κ1) is 25.5. The molecule has 0 N–H and O–H groups in total. The summed E-state index contributed by atoms with van der Waals surface area (Å²) in [6, 6.07) is 30.1. The van der Waals surface area contributed by atoms with E-state index in [0.717, 1.165) is 43.9 Å². The Morgan fingerprint density at radius 3 is 2.44 bits per heavy atom. The van der Waals surface area contributed by atoms with E-state index < -0.39 is 0 Å². The van der Waals surface area contributed by atoms with Crippen LogP contribution in [0.5, 0.6) is 5.75 Å². The van der Waals surface area contributed by atoms with Crippen LogP contribution in [0, 0.1) is 0 Å². The second kappa shape index (κ2) is 10.1. The molecule has 0 unspecified atom stereocenters. The zero-order valence-electron chi connectivity index (χ0n) is 22.0. The number of carbonyl (C=O) groups excluding carboxylic acids is 1. The van der Waals surface area contributed by atoms with E-state index in [-0.39, 0.29) is 17.9 Å². The van der Waals surface area contributed by atoms with E-state index in [4.69, 9.17) is 16.3 Å². The highest BCUT2D eigenvalue weighted by Crippen LogP contribution is 2.49. The third-order valence-electron chi connectivity index (χ3n) is 7.38. The van der Waals surface area contributed by atoms with E-state index in [1.807, 2.05) is 71.6 Å². The Hall–Kier alpha value is -3.80. The molecular formula is C33H28ClN2O2S+. The largest absolute Gasteiger partial charge is 0.497 e. The zero-order valence-corrected chi connectivity index (χ0v) is 23.6. The molecule has 1 amide bonds. The molecule has 0 saturated heterocycles. The molecule has 4 aromatic carbocycles. The van der Waals surface area contributed by atoms with Gasteiger partial charge in [-0.25, -0.2) is 0 Å². The number of carbonyl (C=O) groups is 1. The second-order valence-corrected chi connectivity index (χ2v) is 11.7. The van der Waals surface area contributed by atoms with Crippen molar-refractivity contribution in [2.75, 3.05) is 18.6 Å². The summed E-state index contributed by atoms with van der Waals surface area (Å²) in [6.07, 6.45) is 4.24. The molecule has 2 aliphatic heterocycles. The topological polar surface area (TPSA) is 32.6 Å². The summed E-state index contributed by atoms with van der Waals surface area (Å²) in [4.78, 5) is 18.2. The van der Waals surface area contributed by atoms with Crippen molar-refractivity contribution in [1.82, 2.24) is 0 Å². The molecule has 6 rings (SSSR count). The minimum atomic E-state index is -0.281. The minimum Gasteiger partial charge on any atom is -0.497 e. The predicted molar refractivity (Wildman–Crippen MR) is 160 cm³/mol. The average molecular weight is 552 g/mol. The molecule has 0 spiro atoms. The summed E-state index contributed by atoms with van der Waals surface area (Å²) >= 11 is 8.07. The van der Waals surface area contributed by atoms with Gasteiger partial charge in [-0.05, 0) is 68.0 Å². The van der Waals surface area contributed by atoms with E-state index in [2.05, 4.69) is 54.8 Å². The summed E-state index contributed by atoms with van der Waals surface area (Å²) in [5.41, 5.74) is 5.80. The second-order valence-electron chi connectivity index (χ2n) is 10.1. The Labute approximate surface area is 238 Å². The summed E-state index contributed by atoms with van der Waals surface area (Å²) in [7, 11) is 1.67. The average Bonchev–Trinajstić information content (AvgIpc) is 3.16. The number of ether oxygens (including phenoxy) is 1. The number of anilines is 2. The van der Waals surface area contributed by atoms with Gasteiger partial charge in [0.25, 0.3) is 5.91 Å². The van der Waals surface area contributed by atoms with Crippen LogP contribution in [0.1, 0.15) is 25.0 Å². The van der Waals surface area contributed by atoms with E-state index >= 15 is 0 Å². The van der Waals surface area contributed by atoms with Crippen LogP contribution < -0.4 is 9.64 Å². The normalized spacial score (nSPS) is 15.2. The molecule has 0 aliphatic carbocycles. The fourth-order valence-corrected chi connectivity index (χ4v) is 6.61. The van der Waals surface area contributed by atoms with Gasteiger partial charge in [0.15, 0.2) is 5.71 Å². The molecule has 0 aromatic heterocycles. The summed E-state index contributed by atoms with van der Waals surface area (Å²) < 4.78 is 7.47. The van der Waals surface area contributed by atoms with Gasteiger partial charge in [0.1, 0.15) is 5.75 Å². The third kappa shape index (κ3) is 4.56. The van der Waals surface area contributed by atoms with Crippen molar-refractivity contribution in [3.05, 3.63) is 113 Å². The lowest BCUT2D eigenvalue weighted by molar-refractivity contribution is -0.424. The first-order valence-corrected chi connectivity index (χ1v) is 14.0. The predicted octanol–water partition coefficient (Wildman–Crippen LogP) is 8.27. The fourth-order valence-electron chi connectivity index (χ4n) is 5.40. The summed E-state index contributed by atoms with van der Waals surface area (Å²) in [6.45, 7) is 4.62. The molecule has 4 nitrogen and oxygen atoms in total. The molecule has 2 heterocycles. The van der Waals surface area contributed by atoms with Gasteiger partial charge in [0, 0.05) is 32.5 Å². The van der Waals surface area contributed by atoms with Gasteiger partial charge in [-0.15, -0.1) is 0 Å². The van der Waals surface area contributed by atoms with Gasteiger partial charge in [-0.3, -0.25) is 9.69 Å². The van der Waals surface area contributed by atoms with E-state index in [1.54, 1.807) is 18.9 Å². The van der Waals surface area contributed by atoms with Gasteiger partial charge in [0.05, 0.1) is 23.9 Å². The minimum absolute atomic E-state index is 0.0193. The monoisotopic (exact) mass is 551 g/mol. The number of allylic oxidation sites excluding steroid dienone is 1. The maximum atomic E-state index is 14.3. The third-order valence-corrected chi connectivity index (χ3v) is 8.74. The van der Waals surface area contributed by atoms with Crippen LogP contribution >= 0.6 is 23.4 Å². The van der Waals surface area contributed by atoms with Crippen LogP contribution in [0.3, 0.4) is 0 Å². The van der Waals surface area contributed by atoms with Crippen LogP contribution in [0.2, 0.25) is 5.02 Å². The number of methoxy groups -OCH3 is 1. The lowest BCUT2D eigenvalue weighted by Gasteiger charge is -2.30. The number of benzene rings is 4. The Bertz CT molecular complexity index is 1660. The summed E-state index contributed by atoms with van der Waals surface area (Å²) in [5.74, 6) is 0.801. The quantitative estimate of drug-likeness (QED) is 0.234. The number of fused-ring (bicyclic) bond motifs is 3. The highest BCUT2D eigenvalue weighted by molar-refractivity contribution is 7.99. The number of halogens is 1. The van der Waals surface area contributed by atoms with E-state index in [9.17, 15) is 4.79 Å². The van der Waals surface area contributed by atoms with Crippen molar-refractivity contribution in [2.45, 2.75) is 29.1 Å². The SMILES string of the molecule is COc1ccc(C=CC2=[N+](CC(=O)N3c4ccccc4Sc4ccc(Cl)cc43)c3ccccc3C2(C)C)cc1. The van der Waals surface area contributed by atoms with Crippen molar-refractivity contribution < 1.29 is 14.1 Å². The zero-order chi connectivity index (χ0) is 27.1. The molecule has 0 radical (unpaired) electrons. The highest BCUT2D eigenvalue weighted by Gasteiger charge is 2.45. The molecule has 6 heteroatoms. The molecule has 0 atom stereocenters. The van der Waals surface area contributed by atoms with Crippen LogP contribution in [0.25, 0.3) is 6.08 Å². The van der Waals surface area contributed by atoms with Gasteiger partial charge in [-0.2, -0.15) is 4.58 Å². The molecule has 0 saturated carbocycles. The number of amides is 1. The van der Waals surface area contributed by atoms with E-state index in [1.165, 1.54) is 5.56 Å². The Kier molecular flexibility index (Phi) is 6.57. The molecular weight excluding hydrogens is 524 g/mol. The van der Waals surface area contributed by atoms with Crippen LogP contribution in [-0.2, 0) is 10.2 Å². The van der Waals surface area contributed by atoms with Gasteiger partial charge < -0.3 is 4.74 Å². The lowest BCUT2D eigenvalue weighted by Crippen LogP contribution is -2.36. The maximum absolute atomic E-state index is 14.3. The Morgan fingerprint density at radius 1 is 0.923 bits per heavy atom. The Balaban J connectivity index is 1.44. The van der Waals surface area contributed by atoms with Crippen molar-refractivity contribution >= 4 is 58.1 Å². The number of hydrogen-bond donors (Lipinski definition) is 0. The van der Waals surface area contributed by atoms with Gasteiger partial charge in [0.2, 0.25) is 12.2 Å². The number of rotatable bonds is 5. The van der Waals surface area contributed by atoms with E-state index in [0.29, 0.717) is 5.02 Å². The maximum Gasteiger partial charge on any atom is 0.297 e. The molecule has 2 aliphatic rings. The molecule has 4 aromatic rings. The van der Waals surface area contributed by atoms with Crippen LogP contribution in [0.15, 0.2) is 107 Å². The molecule has 0 fully saturated rings. The molecule has 194 valence electrons.